The molecule has 3 heterocycles. The summed E-state index contributed by atoms with van der Waals surface area (Å²) < 4.78 is 5.53. The van der Waals surface area contributed by atoms with E-state index in [4.69, 9.17) is 10.5 Å². The van der Waals surface area contributed by atoms with Gasteiger partial charge < -0.3 is 20.7 Å². The highest BCUT2D eigenvalue weighted by Gasteiger charge is 2.39. The van der Waals surface area contributed by atoms with Gasteiger partial charge in [-0.3, -0.25) is 5.10 Å². The smallest absolute Gasteiger partial charge is 0.336 e. The van der Waals surface area contributed by atoms with Gasteiger partial charge in [0.1, 0.15) is 7.85 Å². The lowest BCUT2D eigenvalue weighted by atomic mass is 9.74. The van der Waals surface area contributed by atoms with Crippen LogP contribution in [0, 0.1) is 5.92 Å². The second kappa shape index (κ2) is 7.95. The van der Waals surface area contributed by atoms with Gasteiger partial charge in [0.25, 0.3) is 0 Å². The number of aromatic amines is 1. The largest absolute Gasteiger partial charge is 0.463 e. The zero-order valence-corrected chi connectivity index (χ0v) is 17.3. The summed E-state index contributed by atoms with van der Waals surface area (Å²) in [6.07, 6.45) is 3.84. The van der Waals surface area contributed by atoms with Gasteiger partial charge in [-0.2, -0.15) is 5.10 Å². The summed E-state index contributed by atoms with van der Waals surface area (Å²) in [5.74, 6) is 0.507. The Balaban J connectivity index is 1.89. The fraction of sp³-hybridized carbons (Fsp3) is 0.429. The summed E-state index contributed by atoms with van der Waals surface area (Å²) in [5, 5.41) is 10.9. The number of esters is 1. The number of hydrogen-bond acceptors (Lipinski definition) is 6. The van der Waals surface area contributed by atoms with Gasteiger partial charge in [-0.15, -0.1) is 0 Å². The van der Waals surface area contributed by atoms with Crippen molar-refractivity contribution in [3.63, 3.8) is 0 Å². The number of nitrogens with two attached hydrogens (primary N) is 1. The molecular weight excluding hydrogens is 365 g/mol. The van der Waals surface area contributed by atoms with E-state index < -0.39 is 0 Å². The molecule has 0 amide bonds. The number of carbonyl (C=O) groups excluding carboxylic acids is 1. The first kappa shape index (κ1) is 19.6. The summed E-state index contributed by atoms with van der Waals surface area (Å²) in [5.41, 5.74) is 11.5. The van der Waals surface area contributed by atoms with Gasteiger partial charge in [0, 0.05) is 35.0 Å². The van der Waals surface area contributed by atoms with Gasteiger partial charge in [0.2, 0.25) is 0 Å². The third-order valence-electron chi connectivity index (χ3n) is 6.16. The van der Waals surface area contributed by atoms with Crippen LogP contribution in [-0.2, 0) is 9.53 Å². The molecule has 29 heavy (non-hydrogen) atoms. The molecule has 8 heteroatoms. The highest BCUT2D eigenvalue weighted by atomic mass is 16.5. The molecule has 1 unspecified atom stereocenters. The number of carbonyl (C=O) groups is 1. The SMILES string of the molecule is Bc1c(N)cccc1C1C(C(=O)OCC)=C(C2CCN(C)CC2)Nc2n[nH]cc21. The number of likely N-dealkylation sites (tertiary alicyclic amines) is 1. The maximum atomic E-state index is 13.2. The van der Waals surface area contributed by atoms with E-state index >= 15 is 0 Å². The normalized spacial score (nSPS) is 20.3. The van der Waals surface area contributed by atoms with E-state index in [0.717, 1.165) is 59.7 Å². The molecule has 1 atom stereocenters. The number of hydrogen-bond donors (Lipinski definition) is 3. The monoisotopic (exact) mass is 393 g/mol. The molecule has 2 aliphatic heterocycles. The molecule has 7 nitrogen and oxygen atoms in total. The number of anilines is 2. The Hall–Kier alpha value is -2.74. The van der Waals surface area contributed by atoms with E-state index in [0.29, 0.717) is 12.2 Å². The number of fused-ring (bicyclic) bond motifs is 1. The number of benzene rings is 1. The first-order chi connectivity index (χ1) is 14.0. The second-order valence-corrected chi connectivity index (χ2v) is 7.93. The molecule has 0 aliphatic carbocycles. The van der Waals surface area contributed by atoms with Crippen LogP contribution >= 0.6 is 0 Å². The molecule has 0 spiro atoms. The van der Waals surface area contributed by atoms with Crippen LogP contribution in [0.1, 0.15) is 36.8 Å². The van der Waals surface area contributed by atoms with Gasteiger partial charge >= 0.3 is 5.97 Å². The molecule has 4 N–H and O–H groups in total. The van der Waals surface area contributed by atoms with E-state index in [1.807, 2.05) is 39.2 Å². The van der Waals surface area contributed by atoms with E-state index in [1.54, 1.807) is 0 Å². The maximum Gasteiger partial charge on any atom is 0.336 e. The minimum atomic E-state index is -0.271. The van der Waals surface area contributed by atoms with E-state index in [1.165, 1.54) is 0 Å². The van der Waals surface area contributed by atoms with Gasteiger partial charge in [0.15, 0.2) is 5.82 Å². The first-order valence-corrected chi connectivity index (χ1v) is 10.3. The predicted molar refractivity (Wildman–Crippen MR) is 117 cm³/mol. The number of rotatable bonds is 4. The minimum Gasteiger partial charge on any atom is -0.463 e. The van der Waals surface area contributed by atoms with Crippen molar-refractivity contribution in [2.75, 3.05) is 37.8 Å². The van der Waals surface area contributed by atoms with Crippen LogP contribution in [0.3, 0.4) is 0 Å². The van der Waals surface area contributed by atoms with Crippen molar-refractivity contribution in [1.29, 1.82) is 0 Å². The fourth-order valence-corrected chi connectivity index (χ4v) is 4.49. The maximum absolute atomic E-state index is 13.2. The zero-order valence-electron chi connectivity index (χ0n) is 17.3. The van der Waals surface area contributed by atoms with E-state index in [2.05, 4.69) is 27.5 Å². The Kier molecular flexibility index (Phi) is 5.36. The Labute approximate surface area is 172 Å². The Morgan fingerprint density at radius 2 is 2.10 bits per heavy atom. The van der Waals surface area contributed by atoms with Crippen LogP contribution < -0.4 is 16.5 Å². The standard InChI is InChI=1S/C21H28BN5O2/c1-3-29-21(28)17-16(13-5-4-6-15(23)18(13)22)14-11-24-26-20(14)25-19(17)12-7-9-27(2)10-8-12/h4-6,11-12,16H,3,7-10,22-23H2,1-2H3,(H2,24,25,26). The lowest BCUT2D eigenvalue weighted by Gasteiger charge is -2.36. The molecule has 1 aromatic heterocycles. The second-order valence-electron chi connectivity index (χ2n) is 7.93. The highest BCUT2D eigenvalue weighted by Crippen LogP contribution is 2.44. The summed E-state index contributed by atoms with van der Waals surface area (Å²) >= 11 is 0. The number of piperidine rings is 1. The number of H-pyrrole nitrogens is 1. The number of allylic oxidation sites excluding steroid dienone is 1. The summed E-state index contributed by atoms with van der Waals surface area (Å²) in [6.45, 7) is 4.18. The van der Waals surface area contributed by atoms with Crippen molar-refractivity contribution in [3.05, 3.63) is 46.8 Å². The van der Waals surface area contributed by atoms with Crippen molar-refractivity contribution in [2.45, 2.75) is 25.7 Å². The topological polar surface area (TPSA) is 96.3 Å². The Morgan fingerprint density at radius 1 is 1.34 bits per heavy atom. The average Bonchev–Trinajstić information content (AvgIpc) is 3.18. The number of ether oxygens (including phenoxy) is 1. The lowest BCUT2D eigenvalue weighted by Crippen LogP contribution is -2.36. The number of nitrogen functional groups attached to an aromatic ring is 1. The van der Waals surface area contributed by atoms with Crippen LogP contribution in [-0.4, -0.2) is 55.7 Å². The van der Waals surface area contributed by atoms with Crippen molar-refractivity contribution >= 4 is 30.8 Å². The molecule has 0 radical (unpaired) electrons. The molecule has 0 saturated carbocycles. The average molecular weight is 393 g/mol. The van der Waals surface area contributed by atoms with Crippen molar-refractivity contribution in [1.82, 2.24) is 15.1 Å². The molecule has 4 rings (SSSR count). The van der Waals surface area contributed by atoms with Crippen molar-refractivity contribution in [2.24, 2.45) is 5.92 Å². The van der Waals surface area contributed by atoms with Gasteiger partial charge in [0.05, 0.1) is 12.2 Å². The van der Waals surface area contributed by atoms with E-state index in [-0.39, 0.29) is 17.8 Å². The van der Waals surface area contributed by atoms with E-state index in [9.17, 15) is 4.79 Å². The van der Waals surface area contributed by atoms with Crippen LogP contribution in [0.15, 0.2) is 35.7 Å². The third-order valence-corrected chi connectivity index (χ3v) is 6.16. The van der Waals surface area contributed by atoms with Crippen LogP contribution in [0.25, 0.3) is 0 Å². The number of aromatic nitrogens is 2. The summed E-state index contributed by atoms with van der Waals surface area (Å²) in [6, 6.07) is 5.88. The molecule has 1 fully saturated rings. The van der Waals surface area contributed by atoms with Gasteiger partial charge in [-0.05, 0) is 51.5 Å². The first-order valence-electron chi connectivity index (χ1n) is 10.3. The molecule has 2 aliphatic rings. The van der Waals surface area contributed by atoms with Gasteiger partial charge in [-0.25, -0.2) is 4.79 Å². The fourth-order valence-electron chi connectivity index (χ4n) is 4.49. The van der Waals surface area contributed by atoms with Crippen LogP contribution in [0.4, 0.5) is 11.5 Å². The predicted octanol–water partition coefficient (Wildman–Crippen LogP) is 0.967. The quantitative estimate of drug-likeness (QED) is 0.407. The van der Waals surface area contributed by atoms with Crippen LogP contribution in [0.5, 0.6) is 0 Å². The Bertz CT molecular complexity index is 946. The lowest BCUT2D eigenvalue weighted by molar-refractivity contribution is -0.138. The highest BCUT2D eigenvalue weighted by molar-refractivity contribution is 6.37. The number of nitrogens with one attached hydrogen (secondary N) is 2. The molecule has 1 saturated heterocycles. The number of nitrogens with zero attached hydrogens (tertiary/aromatic N) is 2. The van der Waals surface area contributed by atoms with Crippen molar-refractivity contribution < 1.29 is 9.53 Å². The van der Waals surface area contributed by atoms with Crippen LogP contribution in [0.2, 0.25) is 0 Å². The molecule has 1 aromatic carbocycles. The van der Waals surface area contributed by atoms with Crippen molar-refractivity contribution in [3.8, 4) is 0 Å². The summed E-state index contributed by atoms with van der Waals surface area (Å²) in [4.78, 5) is 15.6. The zero-order chi connectivity index (χ0) is 20.5. The third kappa shape index (κ3) is 3.53. The van der Waals surface area contributed by atoms with Gasteiger partial charge in [-0.1, -0.05) is 17.6 Å². The molecule has 152 valence electrons. The Morgan fingerprint density at radius 3 is 2.83 bits per heavy atom. The molecule has 2 aromatic rings. The summed E-state index contributed by atoms with van der Waals surface area (Å²) in [7, 11) is 4.14. The molecular formula is C21H28BN5O2. The molecule has 0 bridgehead atoms. The minimum absolute atomic E-state index is 0.262.